The summed E-state index contributed by atoms with van der Waals surface area (Å²) in [6.45, 7) is 3.21. The predicted molar refractivity (Wildman–Crippen MR) is 94.8 cm³/mol. The van der Waals surface area contributed by atoms with Crippen LogP contribution in [0, 0.1) is 11.6 Å². The van der Waals surface area contributed by atoms with Crippen molar-refractivity contribution in [2.45, 2.75) is 6.04 Å². The van der Waals surface area contributed by atoms with Gasteiger partial charge in [0.1, 0.15) is 18.0 Å². The number of aromatic amines is 1. The molecular formula is C19H19F2N5. The summed E-state index contributed by atoms with van der Waals surface area (Å²) in [6, 6.07) is 13.0. The first-order chi connectivity index (χ1) is 12.7. The second-order valence-electron chi connectivity index (χ2n) is 6.34. The third-order valence-corrected chi connectivity index (χ3v) is 4.75. The molecule has 26 heavy (non-hydrogen) atoms. The highest BCUT2D eigenvalue weighted by Crippen LogP contribution is 2.30. The van der Waals surface area contributed by atoms with Crippen LogP contribution in [0.2, 0.25) is 0 Å². The van der Waals surface area contributed by atoms with E-state index < -0.39 is 0 Å². The van der Waals surface area contributed by atoms with Gasteiger partial charge < -0.3 is 4.90 Å². The molecule has 134 valence electrons. The molecule has 0 saturated carbocycles. The zero-order valence-electron chi connectivity index (χ0n) is 14.1. The summed E-state index contributed by atoms with van der Waals surface area (Å²) in [6.07, 6.45) is 1.50. The number of rotatable bonds is 4. The Hall–Kier alpha value is -2.80. The van der Waals surface area contributed by atoms with E-state index in [0.717, 1.165) is 43.3 Å². The van der Waals surface area contributed by atoms with E-state index in [4.69, 9.17) is 0 Å². The van der Waals surface area contributed by atoms with E-state index in [1.54, 1.807) is 24.3 Å². The molecule has 3 aromatic rings. The third-order valence-electron chi connectivity index (χ3n) is 4.75. The largest absolute Gasteiger partial charge is 0.339 e. The number of piperazine rings is 1. The van der Waals surface area contributed by atoms with Gasteiger partial charge in [0.25, 0.3) is 0 Å². The van der Waals surface area contributed by atoms with E-state index in [1.807, 2.05) is 0 Å². The van der Waals surface area contributed by atoms with Gasteiger partial charge in [-0.05, 0) is 35.4 Å². The zero-order chi connectivity index (χ0) is 17.9. The number of aromatic nitrogens is 3. The van der Waals surface area contributed by atoms with E-state index in [1.165, 1.54) is 30.6 Å². The molecule has 1 N–H and O–H groups in total. The summed E-state index contributed by atoms with van der Waals surface area (Å²) in [5.41, 5.74) is 1.98. The molecule has 0 bridgehead atoms. The van der Waals surface area contributed by atoms with Crippen molar-refractivity contribution in [3.8, 4) is 0 Å². The number of nitrogens with one attached hydrogen (secondary N) is 1. The average molecular weight is 355 g/mol. The van der Waals surface area contributed by atoms with Gasteiger partial charge in [-0.2, -0.15) is 10.1 Å². The van der Waals surface area contributed by atoms with Crippen molar-refractivity contribution in [1.82, 2.24) is 20.1 Å². The number of hydrogen-bond acceptors (Lipinski definition) is 4. The maximum atomic E-state index is 13.4. The van der Waals surface area contributed by atoms with Crippen LogP contribution < -0.4 is 4.90 Å². The Morgan fingerprint density at radius 2 is 1.35 bits per heavy atom. The number of anilines is 1. The standard InChI is InChI=1S/C19H19F2N5/c20-16-5-1-14(2-6-16)18(15-3-7-17(21)8-4-15)25-9-11-26(12-10-25)19-22-13-23-24-19/h1-8,13,18H,9-12H2,(H,22,23,24). The Kier molecular flexibility index (Phi) is 4.62. The highest BCUT2D eigenvalue weighted by Gasteiger charge is 2.27. The highest BCUT2D eigenvalue weighted by molar-refractivity contribution is 5.34. The Balaban J connectivity index is 1.59. The molecule has 1 aliphatic heterocycles. The molecule has 4 rings (SSSR count). The normalized spacial score (nSPS) is 15.6. The molecule has 2 heterocycles. The van der Waals surface area contributed by atoms with E-state index in [-0.39, 0.29) is 17.7 Å². The summed E-state index contributed by atoms with van der Waals surface area (Å²) in [7, 11) is 0. The first-order valence-electron chi connectivity index (χ1n) is 8.56. The average Bonchev–Trinajstić information content (AvgIpc) is 3.20. The molecule has 0 atom stereocenters. The lowest BCUT2D eigenvalue weighted by molar-refractivity contribution is 0.211. The lowest BCUT2D eigenvalue weighted by Gasteiger charge is -2.39. The van der Waals surface area contributed by atoms with Gasteiger partial charge in [0.05, 0.1) is 6.04 Å². The van der Waals surface area contributed by atoms with E-state index in [9.17, 15) is 8.78 Å². The summed E-state index contributed by atoms with van der Waals surface area (Å²) in [5, 5.41) is 6.79. The summed E-state index contributed by atoms with van der Waals surface area (Å²) in [5.74, 6) is 0.244. The van der Waals surface area contributed by atoms with Crippen LogP contribution in [0.15, 0.2) is 54.9 Å². The van der Waals surface area contributed by atoms with Gasteiger partial charge in [-0.1, -0.05) is 24.3 Å². The Morgan fingerprint density at radius 1 is 0.808 bits per heavy atom. The van der Waals surface area contributed by atoms with Crippen LogP contribution in [0.4, 0.5) is 14.7 Å². The SMILES string of the molecule is Fc1ccc(C(c2ccc(F)cc2)N2CCN(c3ncn[nH]3)CC2)cc1. The first kappa shape index (κ1) is 16.7. The minimum absolute atomic E-state index is 0.0481. The minimum Gasteiger partial charge on any atom is -0.339 e. The van der Waals surface area contributed by atoms with Crippen molar-refractivity contribution in [3.63, 3.8) is 0 Å². The molecule has 1 aromatic heterocycles. The van der Waals surface area contributed by atoms with Gasteiger partial charge in [0.2, 0.25) is 5.95 Å². The van der Waals surface area contributed by atoms with Crippen LogP contribution in [0.1, 0.15) is 17.2 Å². The Morgan fingerprint density at radius 3 is 1.81 bits per heavy atom. The predicted octanol–water partition coefficient (Wildman–Crippen LogP) is 2.99. The molecule has 5 nitrogen and oxygen atoms in total. The first-order valence-corrected chi connectivity index (χ1v) is 8.56. The molecular weight excluding hydrogens is 336 g/mol. The molecule has 0 unspecified atom stereocenters. The van der Waals surface area contributed by atoms with Crippen molar-refractivity contribution in [2.75, 3.05) is 31.1 Å². The highest BCUT2D eigenvalue weighted by atomic mass is 19.1. The van der Waals surface area contributed by atoms with Gasteiger partial charge >= 0.3 is 0 Å². The fourth-order valence-electron chi connectivity index (χ4n) is 3.45. The van der Waals surface area contributed by atoms with Gasteiger partial charge in [-0.3, -0.25) is 4.90 Å². The Labute approximate surface area is 150 Å². The molecule has 1 aliphatic rings. The molecule has 2 aromatic carbocycles. The van der Waals surface area contributed by atoms with Crippen LogP contribution in [0.5, 0.6) is 0 Å². The lowest BCUT2D eigenvalue weighted by atomic mass is 9.96. The number of hydrogen-bond donors (Lipinski definition) is 1. The summed E-state index contributed by atoms with van der Waals surface area (Å²) in [4.78, 5) is 8.68. The van der Waals surface area contributed by atoms with Crippen LogP contribution >= 0.6 is 0 Å². The summed E-state index contributed by atoms with van der Waals surface area (Å²) >= 11 is 0. The molecule has 1 saturated heterocycles. The fraction of sp³-hybridized carbons (Fsp3) is 0.263. The quantitative estimate of drug-likeness (QED) is 0.782. The van der Waals surface area contributed by atoms with Crippen LogP contribution in [0.3, 0.4) is 0 Å². The van der Waals surface area contributed by atoms with Crippen molar-refractivity contribution < 1.29 is 8.78 Å². The van der Waals surface area contributed by atoms with Gasteiger partial charge in [0.15, 0.2) is 0 Å². The topological polar surface area (TPSA) is 48.1 Å². The summed E-state index contributed by atoms with van der Waals surface area (Å²) < 4.78 is 26.7. The van der Waals surface area contributed by atoms with E-state index in [2.05, 4.69) is 25.0 Å². The van der Waals surface area contributed by atoms with Crippen molar-refractivity contribution in [2.24, 2.45) is 0 Å². The number of H-pyrrole nitrogens is 1. The number of benzene rings is 2. The molecule has 0 aliphatic carbocycles. The second-order valence-corrected chi connectivity index (χ2v) is 6.34. The van der Waals surface area contributed by atoms with Gasteiger partial charge in [-0.15, -0.1) is 0 Å². The maximum Gasteiger partial charge on any atom is 0.221 e. The van der Waals surface area contributed by atoms with Crippen LogP contribution in [-0.4, -0.2) is 46.3 Å². The van der Waals surface area contributed by atoms with Crippen LogP contribution in [0.25, 0.3) is 0 Å². The zero-order valence-corrected chi connectivity index (χ0v) is 14.1. The van der Waals surface area contributed by atoms with E-state index in [0.29, 0.717) is 0 Å². The lowest BCUT2D eigenvalue weighted by Crippen LogP contribution is -2.48. The minimum atomic E-state index is -0.262. The van der Waals surface area contributed by atoms with Crippen molar-refractivity contribution in [3.05, 3.63) is 77.6 Å². The Bertz CT molecular complexity index is 780. The molecule has 7 heteroatoms. The molecule has 0 spiro atoms. The fourth-order valence-corrected chi connectivity index (χ4v) is 3.45. The van der Waals surface area contributed by atoms with Gasteiger partial charge in [0, 0.05) is 26.2 Å². The maximum absolute atomic E-state index is 13.4. The smallest absolute Gasteiger partial charge is 0.221 e. The van der Waals surface area contributed by atoms with Gasteiger partial charge in [-0.25, -0.2) is 13.9 Å². The number of nitrogens with zero attached hydrogens (tertiary/aromatic N) is 4. The molecule has 0 radical (unpaired) electrons. The molecule has 0 amide bonds. The molecule has 1 fully saturated rings. The monoisotopic (exact) mass is 355 g/mol. The van der Waals surface area contributed by atoms with Crippen LogP contribution in [-0.2, 0) is 0 Å². The third kappa shape index (κ3) is 3.43. The van der Waals surface area contributed by atoms with E-state index >= 15 is 0 Å². The number of halogens is 2. The van der Waals surface area contributed by atoms with Crippen molar-refractivity contribution in [1.29, 1.82) is 0 Å². The van der Waals surface area contributed by atoms with Crippen molar-refractivity contribution >= 4 is 5.95 Å². The second kappa shape index (κ2) is 7.21.